The van der Waals surface area contributed by atoms with E-state index in [9.17, 15) is 29.4 Å². The second-order valence-corrected chi connectivity index (χ2v) is 10.7. The lowest BCUT2D eigenvalue weighted by Gasteiger charge is -2.27. The molecule has 1 heterocycles. The minimum atomic E-state index is -1.46. The number of hydrogen-bond acceptors (Lipinski definition) is 6. The molecule has 8 N–H and O–H groups in total. The van der Waals surface area contributed by atoms with E-state index in [1.54, 1.807) is 6.20 Å². The van der Waals surface area contributed by atoms with Crippen LogP contribution in [0.25, 0.3) is 10.9 Å². The number of carboxylic acids is 1. The van der Waals surface area contributed by atoms with Gasteiger partial charge < -0.3 is 36.9 Å². The zero-order chi connectivity index (χ0) is 30.1. The molecule has 11 heteroatoms. The molecule has 0 radical (unpaired) electrons. The van der Waals surface area contributed by atoms with Crippen molar-refractivity contribution in [3.63, 3.8) is 0 Å². The fourth-order valence-corrected chi connectivity index (χ4v) is 4.58. The van der Waals surface area contributed by atoms with Crippen LogP contribution in [0.1, 0.15) is 38.3 Å². The highest BCUT2D eigenvalue weighted by Crippen LogP contribution is 2.19. The van der Waals surface area contributed by atoms with Gasteiger partial charge in [-0.1, -0.05) is 62.4 Å². The Labute approximate surface area is 238 Å². The molecular weight excluding hydrogens is 526 g/mol. The summed E-state index contributed by atoms with van der Waals surface area (Å²) in [7, 11) is 0. The van der Waals surface area contributed by atoms with Gasteiger partial charge in [0.25, 0.3) is 0 Å². The van der Waals surface area contributed by atoms with Crippen LogP contribution in [-0.4, -0.2) is 69.2 Å². The summed E-state index contributed by atoms with van der Waals surface area (Å²) < 4.78 is 0. The highest BCUT2D eigenvalue weighted by molar-refractivity contribution is 5.94. The van der Waals surface area contributed by atoms with Gasteiger partial charge in [-0.3, -0.25) is 14.4 Å². The second-order valence-electron chi connectivity index (χ2n) is 10.7. The van der Waals surface area contributed by atoms with Crippen LogP contribution in [-0.2, 0) is 32.0 Å². The third-order valence-electron chi connectivity index (χ3n) is 6.75. The molecule has 3 aromatic rings. The lowest BCUT2D eigenvalue weighted by atomic mass is 10.0. The van der Waals surface area contributed by atoms with E-state index in [1.165, 1.54) is 6.92 Å². The first-order valence-electron chi connectivity index (χ1n) is 13.6. The van der Waals surface area contributed by atoms with Crippen molar-refractivity contribution in [1.29, 1.82) is 0 Å². The quantitative estimate of drug-likeness (QED) is 0.153. The molecule has 5 unspecified atom stereocenters. The first-order valence-corrected chi connectivity index (χ1v) is 13.6. The minimum absolute atomic E-state index is 0.00258. The standard InChI is InChI=1S/C30H39N5O6/c1-17(2)13-24(33-27(37)22(31)14-19-9-5-4-6-10-19)28(38)35-26(18(3)36)29(39)34-25(30(40)41)15-20-16-32-23-12-8-7-11-21(20)23/h4-12,16-18,22,24-26,32,36H,13-15,31H2,1-3H3,(H,33,37)(H,34,39)(H,35,38)(H,40,41). The number of aliphatic carboxylic acids is 1. The molecule has 11 nitrogen and oxygen atoms in total. The molecule has 41 heavy (non-hydrogen) atoms. The molecule has 0 fully saturated rings. The van der Waals surface area contributed by atoms with Crippen molar-refractivity contribution >= 4 is 34.6 Å². The number of para-hydroxylation sites is 1. The summed E-state index contributed by atoms with van der Waals surface area (Å²) in [6.07, 6.45) is 0.840. The largest absolute Gasteiger partial charge is 0.480 e. The topological polar surface area (TPSA) is 187 Å². The number of rotatable bonds is 14. The number of aromatic amines is 1. The lowest BCUT2D eigenvalue weighted by Crippen LogP contribution is -2.60. The summed E-state index contributed by atoms with van der Waals surface area (Å²) in [6, 6.07) is 11.9. The average molecular weight is 566 g/mol. The van der Waals surface area contributed by atoms with E-state index in [2.05, 4.69) is 20.9 Å². The Bertz CT molecular complexity index is 1340. The van der Waals surface area contributed by atoms with Gasteiger partial charge in [0.2, 0.25) is 17.7 Å². The molecule has 0 aliphatic carbocycles. The van der Waals surface area contributed by atoms with Crippen molar-refractivity contribution in [2.75, 3.05) is 0 Å². The Morgan fingerprint density at radius 1 is 0.829 bits per heavy atom. The highest BCUT2D eigenvalue weighted by Gasteiger charge is 2.33. The third kappa shape index (κ3) is 8.89. The van der Waals surface area contributed by atoms with Gasteiger partial charge in [0.15, 0.2) is 0 Å². The molecular formula is C30H39N5O6. The van der Waals surface area contributed by atoms with Crippen LogP contribution in [0.15, 0.2) is 60.8 Å². The Kier molecular flexibility index (Phi) is 11.0. The predicted octanol–water partition coefficient (Wildman–Crippen LogP) is 1.25. The lowest BCUT2D eigenvalue weighted by molar-refractivity contribution is -0.143. The smallest absolute Gasteiger partial charge is 0.326 e. The van der Waals surface area contributed by atoms with Crippen LogP contribution in [0.2, 0.25) is 0 Å². The van der Waals surface area contributed by atoms with Gasteiger partial charge >= 0.3 is 5.97 Å². The molecule has 0 saturated heterocycles. The monoisotopic (exact) mass is 565 g/mol. The summed E-state index contributed by atoms with van der Waals surface area (Å²) >= 11 is 0. The van der Waals surface area contributed by atoms with E-state index in [0.29, 0.717) is 5.56 Å². The van der Waals surface area contributed by atoms with Crippen LogP contribution >= 0.6 is 0 Å². The van der Waals surface area contributed by atoms with E-state index in [4.69, 9.17) is 5.73 Å². The normalized spacial score (nSPS) is 15.0. The maximum atomic E-state index is 13.3. The number of aliphatic hydroxyl groups excluding tert-OH is 1. The number of nitrogens with one attached hydrogen (secondary N) is 4. The molecule has 3 rings (SSSR count). The third-order valence-corrected chi connectivity index (χ3v) is 6.75. The first kappa shape index (κ1) is 31.3. The highest BCUT2D eigenvalue weighted by atomic mass is 16.4. The Balaban J connectivity index is 1.69. The van der Waals surface area contributed by atoms with E-state index < -0.39 is 54.0 Å². The van der Waals surface area contributed by atoms with Crippen LogP contribution in [0.3, 0.4) is 0 Å². The average Bonchev–Trinajstić information content (AvgIpc) is 3.33. The maximum absolute atomic E-state index is 13.3. The van der Waals surface area contributed by atoms with Gasteiger partial charge in [-0.05, 0) is 42.9 Å². The zero-order valence-electron chi connectivity index (χ0n) is 23.5. The van der Waals surface area contributed by atoms with Gasteiger partial charge in [-0.25, -0.2) is 4.79 Å². The molecule has 0 spiro atoms. The number of amides is 3. The van der Waals surface area contributed by atoms with Gasteiger partial charge in [-0.15, -0.1) is 0 Å². The minimum Gasteiger partial charge on any atom is -0.480 e. The number of carbonyl (C=O) groups is 4. The molecule has 0 aliphatic heterocycles. The Hall–Kier alpha value is -4.22. The molecule has 0 saturated carbocycles. The molecule has 5 atom stereocenters. The fourth-order valence-electron chi connectivity index (χ4n) is 4.58. The Morgan fingerprint density at radius 3 is 2.10 bits per heavy atom. The number of aromatic nitrogens is 1. The number of aliphatic hydroxyl groups is 1. The van der Waals surface area contributed by atoms with E-state index in [-0.39, 0.29) is 25.2 Å². The number of carboxylic acid groups (broad SMARTS) is 1. The van der Waals surface area contributed by atoms with Crippen molar-refractivity contribution in [3.05, 3.63) is 71.9 Å². The predicted molar refractivity (Wildman–Crippen MR) is 155 cm³/mol. The van der Waals surface area contributed by atoms with E-state index in [0.717, 1.165) is 16.5 Å². The maximum Gasteiger partial charge on any atom is 0.326 e. The van der Waals surface area contributed by atoms with Crippen molar-refractivity contribution < 1.29 is 29.4 Å². The van der Waals surface area contributed by atoms with E-state index in [1.807, 2.05) is 68.4 Å². The number of benzene rings is 2. The Morgan fingerprint density at radius 2 is 1.46 bits per heavy atom. The molecule has 1 aromatic heterocycles. The molecule has 220 valence electrons. The molecule has 2 aromatic carbocycles. The molecule has 3 amide bonds. The summed E-state index contributed by atoms with van der Waals surface area (Å²) in [5.74, 6) is -3.35. The van der Waals surface area contributed by atoms with Crippen molar-refractivity contribution in [2.24, 2.45) is 11.7 Å². The van der Waals surface area contributed by atoms with Gasteiger partial charge in [-0.2, -0.15) is 0 Å². The summed E-state index contributed by atoms with van der Waals surface area (Å²) in [4.78, 5) is 54.3. The summed E-state index contributed by atoms with van der Waals surface area (Å²) in [5.41, 5.74) is 8.48. The van der Waals surface area contributed by atoms with Crippen LogP contribution in [0.4, 0.5) is 0 Å². The summed E-state index contributed by atoms with van der Waals surface area (Å²) in [5, 5.41) is 28.6. The second kappa shape index (κ2) is 14.4. The van der Waals surface area contributed by atoms with Crippen molar-refractivity contribution in [1.82, 2.24) is 20.9 Å². The molecule has 0 aliphatic rings. The number of fused-ring (bicyclic) bond motifs is 1. The van der Waals surface area contributed by atoms with Gasteiger partial charge in [0.05, 0.1) is 12.1 Å². The number of nitrogens with two attached hydrogens (primary N) is 1. The van der Waals surface area contributed by atoms with Gasteiger partial charge in [0.1, 0.15) is 18.1 Å². The number of carbonyl (C=O) groups excluding carboxylic acids is 3. The number of H-pyrrole nitrogens is 1. The SMILES string of the molecule is CC(C)CC(NC(=O)C(N)Cc1ccccc1)C(=O)NC(C(=O)NC(Cc1c[nH]c2ccccc12)C(=O)O)C(C)O. The van der Waals surface area contributed by atoms with Gasteiger partial charge in [0, 0.05) is 23.5 Å². The van der Waals surface area contributed by atoms with E-state index >= 15 is 0 Å². The van der Waals surface area contributed by atoms with Crippen LogP contribution in [0, 0.1) is 5.92 Å². The van der Waals surface area contributed by atoms with Crippen LogP contribution < -0.4 is 21.7 Å². The fraction of sp³-hybridized carbons (Fsp3) is 0.400. The van der Waals surface area contributed by atoms with Crippen LogP contribution in [0.5, 0.6) is 0 Å². The van der Waals surface area contributed by atoms with Crippen molar-refractivity contribution in [2.45, 2.75) is 70.3 Å². The van der Waals surface area contributed by atoms with Crippen molar-refractivity contribution in [3.8, 4) is 0 Å². The summed E-state index contributed by atoms with van der Waals surface area (Å²) in [6.45, 7) is 5.06. The first-order chi connectivity index (χ1) is 19.5. The zero-order valence-corrected chi connectivity index (χ0v) is 23.5. The molecule has 0 bridgehead atoms. The number of hydrogen-bond donors (Lipinski definition) is 7.